The Morgan fingerprint density at radius 3 is 2.02 bits per heavy atom. The molecule has 0 heterocycles. The Kier molecular flexibility index (Phi) is 10.1. The van der Waals surface area contributed by atoms with Crippen LogP contribution in [0.15, 0.2) is 95.7 Å². The highest BCUT2D eigenvalue weighted by Gasteiger charge is 2.23. The third-order valence-corrected chi connectivity index (χ3v) is 9.64. The summed E-state index contributed by atoms with van der Waals surface area (Å²) in [4.78, 5) is 10.3. The van der Waals surface area contributed by atoms with E-state index < -0.39 is 57.2 Å². The first-order valence-electron chi connectivity index (χ1n) is 13.2. The lowest BCUT2D eigenvalue weighted by Gasteiger charge is -2.12. The lowest BCUT2D eigenvalue weighted by Crippen LogP contribution is -2.07. The number of hydrogen-bond donors (Lipinski definition) is 5. The Morgan fingerprint density at radius 2 is 1.45 bits per heavy atom. The number of phenols is 1. The predicted molar refractivity (Wildman–Crippen MR) is 176 cm³/mol. The number of azo groups is 2. The van der Waals surface area contributed by atoms with E-state index in [1.54, 1.807) is 0 Å². The largest absolute Gasteiger partial charge is 0.507 e. The average molecular weight is 735 g/mol. The van der Waals surface area contributed by atoms with Crippen LogP contribution in [-0.2, 0) is 34.9 Å². The van der Waals surface area contributed by atoms with Crippen LogP contribution < -0.4 is 20.5 Å². The van der Waals surface area contributed by atoms with Gasteiger partial charge in [-0.2, -0.15) is 16.8 Å². The zero-order valence-corrected chi connectivity index (χ0v) is 28.0. The number of ether oxygens (including phenoxy) is 2. The second-order valence-corrected chi connectivity index (χ2v) is 14.5. The summed E-state index contributed by atoms with van der Waals surface area (Å²) in [6, 6.07) is 8.44. The molecule has 0 saturated carbocycles. The molecule has 21 heteroatoms. The van der Waals surface area contributed by atoms with E-state index in [9.17, 15) is 44.3 Å². The number of hydrogen-bond acceptors (Lipinski definition) is 15. The number of carbonyl (C=O) groups excluding carboxylic acids is 1. The van der Waals surface area contributed by atoms with Gasteiger partial charge in [-0.25, -0.2) is 8.42 Å². The van der Waals surface area contributed by atoms with Crippen molar-refractivity contribution in [1.82, 2.24) is 0 Å². The number of amides is 1. The summed E-state index contributed by atoms with van der Waals surface area (Å²) in [5.41, 5.74) is 4.55. The molecular formula is C28H26N6O12S3. The number of nitrogens with two attached hydrogens (primary N) is 1. The molecule has 6 N–H and O–H groups in total. The summed E-state index contributed by atoms with van der Waals surface area (Å²) in [5, 5.41) is 29.5. The van der Waals surface area contributed by atoms with E-state index in [-0.39, 0.29) is 55.6 Å². The summed E-state index contributed by atoms with van der Waals surface area (Å²) < 4.78 is 103. The van der Waals surface area contributed by atoms with Crippen molar-refractivity contribution in [2.75, 3.05) is 25.3 Å². The molecule has 4 aromatic rings. The summed E-state index contributed by atoms with van der Waals surface area (Å²) in [5.74, 6) is -1.56. The second-order valence-electron chi connectivity index (χ2n) is 9.80. The van der Waals surface area contributed by atoms with Gasteiger partial charge >= 0.3 is 0 Å². The van der Waals surface area contributed by atoms with Crippen molar-refractivity contribution >= 4 is 80.9 Å². The van der Waals surface area contributed by atoms with Gasteiger partial charge in [0.15, 0.2) is 0 Å². The van der Waals surface area contributed by atoms with Gasteiger partial charge < -0.3 is 25.6 Å². The molecule has 0 fully saturated rings. The molecule has 0 aromatic heterocycles. The Labute approximate surface area is 279 Å². The molecule has 0 radical (unpaired) electrons. The van der Waals surface area contributed by atoms with Crippen LogP contribution in [-0.4, -0.2) is 59.6 Å². The van der Waals surface area contributed by atoms with Gasteiger partial charge in [0.2, 0.25) is 15.7 Å². The first-order valence-corrected chi connectivity index (χ1v) is 17.7. The van der Waals surface area contributed by atoms with Crippen LogP contribution in [0.5, 0.6) is 17.2 Å². The topological polar surface area (TPSA) is 286 Å². The number of aromatic hydroxyl groups is 1. The fraction of sp³-hybridized carbons (Fsp3) is 0.107. The summed E-state index contributed by atoms with van der Waals surface area (Å²) >= 11 is 0. The van der Waals surface area contributed by atoms with Crippen LogP contribution in [0.3, 0.4) is 0 Å². The number of phenolic OH excluding ortho intramolecular Hbond substituents is 1. The van der Waals surface area contributed by atoms with E-state index in [0.29, 0.717) is 5.41 Å². The van der Waals surface area contributed by atoms with Crippen LogP contribution in [0.25, 0.3) is 10.8 Å². The van der Waals surface area contributed by atoms with Crippen LogP contribution in [0.1, 0.15) is 6.92 Å². The Balaban J connectivity index is 1.92. The summed E-state index contributed by atoms with van der Waals surface area (Å²) in [6.07, 6.45) is 0. The van der Waals surface area contributed by atoms with Crippen molar-refractivity contribution in [3.63, 3.8) is 0 Å². The number of sulfone groups is 1. The number of benzene rings is 4. The van der Waals surface area contributed by atoms with Gasteiger partial charge in [-0.1, -0.05) is 12.6 Å². The number of methoxy groups -OCH3 is 2. The number of fused-ring (bicyclic) bond motifs is 1. The Morgan fingerprint density at radius 1 is 0.816 bits per heavy atom. The van der Waals surface area contributed by atoms with Crippen molar-refractivity contribution in [3.05, 3.63) is 60.5 Å². The van der Waals surface area contributed by atoms with E-state index in [4.69, 9.17) is 15.2 Å². The minimum Gasteiger partial charge on any atom is -0.507 e. The molecule has 0 aliphatic carbocycles. The second kappa shape index (κ2) is 13.6. The molecule has 258 valence electrons. The smallest absolute Gasteiger partial charge is 0.296 e. The van der Waals surface area contributed by atoms with Crippen LogP contribution >= 0.6 is 0 Å². The predicted octanol–water partition coefficient (Wildman–Crippen LogP) is 5.34. The fourth-order valence-corrected chi connectivity index (χ4v) is 6.38. The molecule has 0 aliphatic rings. The summed E-state index contributed by atoms with van der Waals surface area (Å²) in [6.45, 7) is 4.41. The first-order chi connectivity index (χ1) is 22.8. The molecule has 0 saturated heterocycles. The standard InChI is InChI=1S/C28H26N6O12S3/c1-5-47(37,38)26-13-23(45-3)20(11-24(26)46-4)32-31-19-12-25(49(42,43)44)21(10-18(19)30-14(2)35)33-34-28-17(29)7-6-15-8-16(48(39,40)41)9-22(36)27(15)28/h5-13,36H,1,29H2,2-4H3,(H,30,35)(H,39,40,41)(H,42,43,44). The minimum absolute atomic E-state index is 0.0580. The maximum atomic E-state index is 12.5. The monoisotopic (exact) mass is 734 g/mol. The third kappa shape index (κ3) is 7.81. The highest BCUT2D eigenvalue weighted by atomic mass is 32.2. The molecule has 0 atom stereocenters. The summed E-state index contributed by atoms with van der Waals surface area (Å²) in [7, 11) is -11.4. The van der Waals surface area contributed by atoms with E-state index in [0.717, 1.165) is 37.3 Å². The van der Waals surface area contributed by atoms with E-state index in [2.05, 4.69) is 32.4 Å². The lowest BCUT2D eigenvalue weighted by molar-refractivity contribution is -0.114. The van der Waals surface area contributed by atoms with Crippen molar-refractivity contribution in [2.24, 2.45) is 20.5 Å². The van der Waals surface area contributed by atoms with Crippen LogP contribution in [0.2, 0.25) is 0 Å². The van der Waals surface area contributed by atoms with Gasteiger partial charge in [0.1, 0.15) is 49.8 Å². The molecule has 49 heavy (non-hydrogen) atoms. The van der Waals surface area contributed by atoms with Crippen molar-refractivity contribution in [2.45, 2.75) is 21.6 Å². The maximum Gasteiger partial charge on any atom is 0.296 e. The van der Waals surface area contributed by atoms with Gasteiger partial charge in [-0.3, -0.25) is 13.9 Å². The third-order valence-electron chi connectivity index (χ3n) is 6.55. The number of nitrogens with zero attached hydrogens (tertiary/aromatic N) is 4. The zero-order valence-electron chi connectivity index (χ0n) is 25.5. The normalized spacial score (nSPS) is 12.4. The van der Waals surface area contributed by atoms with Gasteiger partial charge in [0, 0.05) is 30.5 Å². The molecule has 0 bridgehead atoms. The van der Waals surface area contributed by atoms with Gasteiger partial charge in [0.25, 0.3) is 20.2 Å². The Hall–Kier alpha value is -5.48. The number of nitrogens with one attached hydrogen (secondary N) is 1. The highest BCUT2D eigenvalue weighted by molar-refractivity contribution is 7.94. The van der Waals surface area contributed by atoms with Gasteiger partial charge in [-0.05, 0) is 29.7 Å². The van der Waals surface area contributed by atoms with Crippen molar-refractivity contribution < 1.29 is 53.7 Å². The molecule has 0 aliphatic heterocycles. The SMILES string of the molecule is C=CS(=O)(=O)c1cc(OC)c(N=Nc2cc(S(=O)(=O)O)c(N=Nc3c(N)ccc4cc(S(=O)(=O)O)cc(O)c34)cc2NC(C)=O)cc1OC. The number of carbonyl (C=O) groups is 1. The lowest BCUT2D eigenvalue weighted by atomic mass is 10.1. The zero-order chi connectivity index (χ0) is 36.5. The van der Waals surface area contributed by atoms with Crippen LogP contribution in [0, 0.1) is 0 Å². The Bertz CT molecular complexity index is 2430. The van der Waals surface area contributed by atoms with Gasteiger partial charge in [0.05, 0.1) is 35.9 Å². The van der Waals surface area contributed by atoms with E-state index >= 15 is 0 Å². The fourth-order valence-electron chi connectivity index (χ4n) is 4.34. The molecular weight excluding hydrogens is 709 g/mol. The molecule has 4 rings (SSSR count). The minimum atomic E-state index is -5.08. The first kappa shape index (κ1) is 36.4. The van der Waals surface area contributed by atoms with Crippen molar-refractivity contribution in [1.29, 1.82) is 0 Å². The molecule has 0 spiro atoms. The maximum absolute atomic E-state index is 12.5. The molecule has 18 nitrogen and oxygen atoms in total. The van der Waals surface area contributed by atoms with E-state index in [1.165, 1.54) is 32.4 Å². The number of nitrogen functional groups attached to an aromatic ring is 1. The molecule has 0 unspecified atom stereocenters. The van der Waals surface area contributed by atoms with Gasteiger partial charge in [-0.15, -0.1) is 20.5 Å². The van der Waals surface area contributed by atoms with E-state index in [1.807, 2.05) is 0 Å². The average Bonchev–Trinajstić information content (AvgIpc) is 3.01. The number of anilines is 2. The quantitative estimate of drug-likeness (QED) is 0.0739. The highest BCUT2D eigenvalue weighted by Crippen LogP contribution is 2.43. The van der Waals surface area contributed by atoms with Crippen molar-refractivity contribution in [3.8, 4) is 17.2 Å². The number of rotatable bonds is 11. The van der Waals surface area contributed by atoms with Crippen LogP contribution in [0.4, 0.5) is 34.1 Å². The molecule has 1 amide bonds. The molecule has 4 aromatic carbocycles.